The van der Waals surface area contributed by atoms with Gasteiger partial charge in [-0.05, 0) is 32.5 Å². The van der Waals surface area contributed by atoms with Crippen LogP contribution in [-0.4, -0.2) is 38.0 Å². The van der Waals surface area contributed by atoms with Crippen LogP contribution in [0, 0.1) is 0 Å². The van der Waals surface area contributed by atoms with Gasteiger partial charge >= 0.3 is 6.18 Å². The fourth-order valence-electron chi connectivity index (χ4n) is 1.68. The zero-order valence-electron chi connectivity index (χ0n) is 12.1. The minimum atomic E-state index is -4.61. The lowest BCUT2D eigenvalue weighted by molar-refractivity contribution is -0.138. The van der Waals surface area contributed by atoms with Gasteiger partial charge in [0.1, 0.15) is 12.3 Å². The Morgan fingerprint density at radius 3 is 2.43 bits per heavy atom. The topological polar surface area (TPSA) is 62.6 Å². The van der Waals surface area contributed by atoms with Gasteiger partial charge in [0.2, 0.25) is 5.09 Å². The van der Waals surface area contributed by atoms with Gasteiger partial charge in [-0.25, -0.2) is 8.42 Å². The molecule has 0 aliphatic rings. The summed E-state index contributed by atoms with van der Waals surface area (Å²) >= 11 is 0. The highest BCUT2D eigenvalue weighted by Crippen LogP contribution is 2.25. The molecule has 1 aromatic heterocycles. The second-order valence-corrected chi connectivity index (χ2v) is 6.58. The summed E-state index contributed by atoms with van der Waals surface area (Å²) in [5, 5.41) is 2.46. The Hall–Kier alpha value is -1.06. The van der Waals surface area contributed by atoms with Crippen LogP contribution in [0.25, 0.3) is 0 Å². The highest BCUT2D eigenvalue weighted by atomic mass is 32.2. The molecule has 9 heteroatoms. The fourth-order valence-corrected chi connectivity index (χ4v) is 3.23. The van der Waals surface area contributed by atoms with Gasteiger partial charge in [-0.15, -0.1) is 0 Å². The molecule has 0 radical (unpaired) electrons. The maximum Gasteiger partial charge on any atom is 0.402 e. The zero-order chi connectivity index (χ0) is 16.3. The van der Waals surface area contributed by atoms with Gasteiger partial charge in [-0.2, -0.15) is 17.5 Å². The number of furan rings is 1. The fraction of sp³-hybridized carbons (Fsp3) is 0.667. The van der Waals surface area contributed by atoms with Gasteiger partial charge in [0.15, 0.2) is 0 Å². The number of nitrogens with zero attached hydrogens (tertiary/aromatic N) is 1. The average Bonchev–Trinajstić information content (AvgIpc) is 2.81. The molecule has 0 unspecified atom stereocenters. The van der Waals surface area contributed by atoms with E-state index in [1.807, 2.05) is 6.92 Å². The molecule has 5 nitrogen and oxygen atoms in total. The Kier molecular flexibility index (Phi) is 5.83. The number of halogens is 3. The molecule has 0 amide bonds. The van der Waals surface area contributed by atoms with Crippen molar-refractivity contribution in [1.29, 1.82) is 0 Å². The average molecular weight is 328 g/mol. The monoisotopic (exact) mass is 328 g/mol. The minimum absolute atomic E-state index is 0.312. The second kappa shape index (κ2) is 6.80. The lowest BCUT2D eigenvalue weighted by Gasteiger charge is -2.25. The Balaban J connectivity index is 3.03. The summed E-state index contributed by atoms with van der Waals surface area (Å²) in [6, 6.07) is 1.77. The molecule has 21 heavy (non-hydrogen) atoms. The predicted octanol–water partition coefficient (Wildman–Crippen LogP) is 2.35. The summed E-state index contributed by atoms with van der Waals surface area (Å²) in [7, 11) is -4.32. The van der Waals surface area contributed by atoms with Crippen molar-refractivity contribution in [3.05, 3.63) is 17.9 Å². The van der Waals surface area contributed by atoms with Crippen molar-refractivity contribution < 1.29 is 26.0 Å². The maximum atomic E-state index is 12.5. The van der Waals surface area contributed by atoms with Gasteiger partial charge in [-0.1, -0.05) is 6.92 Å². The summed E-state index contributed by atoms with van der Waals surface area (Å²) < 4.78 is 67.6. The molecular formula is C12H19F3N2O3S. The lowest BCUT2D eigenvalue weighted by atomic mass is 10.4. The molecule has 1 rings (SSSR count). The first kappa shape index (κ1) is 18.0. The first-order chi connectivity index (χ1) is 9.58. The van der Waals surface area contributed by atoms with E-state index in [4.69, 9.17) is 4.42 Å². The molecule has 1 N–H and O–H groups in total. The molecule has 0 bridgehead atoms. The lowest BCUT2D eigenvalue weighted by Crippen LogP contribution is -2.43. The third-order valence-corrected chi connectivity index (χ3v) is 4.56. The SMILES string of the molecule is CCNCc1ccc(S(=O)(=O)N(CC(F)(F)F)C(C)C)o1. The van der Waals surface area contributed by atoms with Crippen molar-refractivity contribution >= 4 is 10.0 Å². The van der Waals surface area contributed by atoms with Crippen LogP contribution in [0.3, 0.4) is 0 Å². The third-order valence-electron chi connectivity index (χ3n) is 2.66. The molecule has 1 heterocycles. The highest BCUT2D eigenvalue weighted by molar-refractivity contribution is 7.89. The number of hydrogen-bond acceptors (Lipinski definition) is 4. The Bertz CT molecular complexity index is 552. The molecule has 122 valence electrons. The molecule has 0 spiro atoms. The predicted molar refractivity (Wildman–Crippen MR) is 71.2 cm³/mol. The van der Waals surface area contributed by atoms with Crippen molar-refractivity contribution in [2.24, 2.45) is 0 Å². The molecule has 0 fully saturated rings. The van der Waals surface area contributed by atoms with E-state index in [2.05, 4.69) is 5.32 Å². The minimum Gasteiger partial charge on any atom is -0.447 e. The summed E-state index contributed by atoms with van der Waals surface area (Å²) in [5.74, 6) is 0.353. The van der Waals surface area contributed by atoms with E-state index >= 15 is 0 Å². The van der Waals surface area contributed by atoms with E-state index in [-0.39, 0.29) is 0 Å². The van der Waals surface area contributed by atoms with Crippen LogP contribution >= 0.6 is 0 Å². The van der Waals surface area contributed by atoms with E-state index < -0.39 is 33.9 Å². The second-order valence-electron chi connectivity index (χ2n) is 4.76. The molecule has 0 atom stereocenters. The molecule has 0 saturated heterocycles. The largest absolute Gasteiger partial charge is 0.447 e. The quantitative estimate of drug-likeness (QED) is 0.834. The summed E-state index contributed by atoms with van der Waals surface area (Å²) in [5.41, 5.74) is 0. The maximum absolute atomic E-state index is 12.5. The van der Waals surface area contributed by atoms with Crippen molar-refractivity contribution in [3.8, 4) is 0 Å². The first-order valence-electron chi connectivity index (χ1n) is 6.46. The molecule has 0 aliphatic carbocycles. The summed E-state index contributed by atoms with van der Waals surface area (Å²) in [4.78, 5) is 0. The van der Waals surface area contributed by atoms with Gasteiger partial charge in [-0.3, -0.25) is 0 Å². The normalized spacial score (nSPS) is 13.3. The van der Waals surface area contributed by atoms with E-state index in [0.29, 0.717) is 23.2 Å². The van der Waals surface area contributed by atoms with Gasteiger partial charge in [0.25, 0.3) is 10.0 Å². The van der Waals surface area contributed by atoms with Gasteiger partial charge in [0, 0.05) is 6.04 Å². The third kappa shape index (κ3) is 5.01. The molecule has 0 saturated carbocycles. The number of rotatable bonds is 7. The van der Waals surface area contributed by atoms with Crippen LogP contribution in [0.1, 0.15) is 26.5 Å². The van der Waals surface area contributed by atoms with E-state index in [0.717, 1.165) is 0 Å². The Labute approximate surface area is 122 Å². The molecule has 1 aromatic rings. The molecule has 0 aromatic carbocycles. The van der Waals surface area contributed by atoms with Crippen LogP contribution in [0.5, 0.6) is 0 Å². The van der Waals surface area contributed by atoms with Crippen LogP contribution < -0.4 is 5.32 Å². The molecule has 0 aliphatic heterocycles. The standard InChI is InChI=1S/C12H19F3N2O3S/c1-4-16-7-10-5-6-11(20-10)21(18,19)17(9(2)3)8-12(13,14)15/h5-6,9,16H,4,7-8H2,1-3H3. The van der Waals surface area contributed by atoms with E-state index in [1.54, 1.807) is 0 Å². The van der Waals surface area contributed by atoms with Crippen molar-refractivity contribution in [2.45, 2.75) is 44.6 Å². The molecular weight excluding hydrogens is 309 g/mol. The number of alkyl halides is 3. The first-order valence-corrected chi connectivity index (χ1v) is 7.90. The number of nitrogens with one attached hydrogen (secondary N) is 1. The van der Waals surface area contributed by atoms with Gasteiger partial charge < -0.3 is 9.73 Å². The van der Waals surface area contributed by atoms with Gasteiger partial charge in [0.05, 0.1) is 6.54 Å². The van der Waals surface area contributed by atoms with Crippen LogP contribution in [0.2, 0.25) is 0 Å². The Morgan fingerprint density at radius 2 is 1.95 bits per heavy atom. The van der Waals surface area contributed by atoms with E-state index in [9.17, 15) is 21.6 Å². The van der Waals surface area contributed by atoms with Crippen LogP contribution in [0.15, 0.2) is 21.6 Å². The number of sulfonamides is 1. The van der Waals surface area contributed by atoms with Crippen molar-refractivity contribution in [1.82, 2.24) is 9.62 Å². The zero-order valence-corrected chi connectivity index (χ0v) is 12.9. The summed E-state index contributed by atoms with van der Waals surface area (Å²) in [6.45, 7) is 4.06. The summed E-state index contributed by atoms with van der Waals surface area (Å²) in [6.07, 6.45) is -4.61. The van der Waals surface area contributed by atoms with E-state index in [1.165, 1.54) is 26.0 Å². The van der Waals surface area contributed by atoms with Crippen molar-refractivity contribution in [2.75, 3.05) is 13.1 Å². The van der Waals surface area contributed by atoms with Crippen LogP contribution in [-0.2, 0) is 16.6 Å². The smallest absolute Gasteiger partial charge is 0.402 e. The van der Waals surface area contributed by atoms with Crippen LogP contribution in [0.4, 0.5) is 13.2 Å². The van der Waals surface area contributed by atoms with Crippen molar-refractivity contribution in [3.63, 3.8) is 0 Å². The highest BCUT2D eigenvalue weighted by Gasteiger charge is 2.39. The number of hydrogen-bond donors (Lipinski definition) is 1. The Morgan fingerprint density at radius 1 is 1.33 bits per heavy atom.